The minimum Gasteiger partial charge on any atom is -0.462 e. The second-order valence-electron chi connectivity index (χ2n) is 6.84. The SMILES string of the molecule is CCOC(=O)c1c(NC(=O)COC(=O)c2ccc([N+](=O)[O-])o2)sc(C)c1-c1ccc(C)cc1. The molecule has 3 aromatic rings. The molecule has 0 aliphatic heterocycles. The lowest BCUT2D eigenvalue weighted by molar-refractivity contribution is -0.402. The van der Waals surface area contributed by atoms with Crippen molar-refractivity contribution in [3.63, 3.8) is 0 Å². The molecule has 172 valence electrons. The quantitative estimate of drug-likeness (QED) is 0.287. The molecule has 0 saturated heterocycles. The van der Waals surface area contributed by atoms with Crippen LogP contribution in [-0.2, 0) is 14.3 Å². The highest BCUT2D eigenvalue weighted by molar-refractivity contribution is 7.17. The predicted molar refractivity (Wildman–Crippen MR) is 119 cm³/mol. The number of hydrogen-bond donors (Lipinski definition) is 1. The Balaban J connectivity index is 1.79. The van der Waals surface area contributed by atoms with Crippen molar-refractivity contribution in [3.05, 3.63) is 68.3 Å². The van der Waals surface area contributed by atoms with Gasteiger partial charge in [0.15, 0.2) is 6.61 Å². The predicted octanol–water partition coefficient (Wildman–Crippen LogP) is 4.51. The van der Waals surface area contributed by atoms with Crippen LogP contribution >= 0.6 is 11.3 Å². The van der Waals surface area contributed by atoms with Gasteiger partial charge in [-0.15, -0.1) is 11.3 Å². The molecule has 3 rings (SSSR count). The molecule has 33 heavy (non-hydrogen) atoms. The Morgan fingerprint density at radius 3 is 2.36 bits per heavy atom. The van der Waals surface area contributed by atoms with E-state index in [-0.39, 0.29) is 17.2 Å². The number of carbonyl (C=O) groups excluding carboxylic acids is 3. The van der Waals surface area contributed by atoms with Gasteiger partial charge in [-0.1, -0.05) is 29.8 Å². The summed E-state index contributed by atoms with van der Waals surface area (Å²) in [5, 5.41) is 13.5. The van der Waals surface area contributed by atoms with Crippen LogP contribution in [0.3, 0.4) is 0 Å². The van der Waals surface area contributed by atoms with Gasteiger partial charge in [0, 0.05) is 10.4 Å². The number of nitro groups is 1. The number of carbonyl (C=O) groups is 3. The summed E-state index contributed by atoms with van der Waals surface area (Å²) < 4.78 is 14.8. The van der Waals surface area contributed by atoms with E-state index in [9.17, 15) is 24.5 Å². The van der Waals surface area contributed by atoms with E-state index in [1.807, 2.05) is 38.1 Å². The molecular formula is C22H20N2O8S. The van der Waals surface area contributed by atoms with E-state index in [1.54, 1.807) is 6.92 Å². The molecule has 1 N–H and O–H groups in total. The zero-order valence-corrected chi connectivity index (χ0v) is 18.8. The summed E-state index contributed by atoms with van der Waals surface area (Å²) in [6.07, 6.45) is 0. The number of thiophene rings is 1. The summed E-state index contributed by atoms with van der Waals surface area (Å²) in [6.45, 7) is 4.92. The summed E-state index contributed by atoms with van der Waals surface area (Å²) >= 11 is 1.19. The van der Waals surface area contributed by atoms with Gasteiger partial charge in [-0.25, -0.2) is 9.59 Å². The molecule has 1 amide bonds. The second-order valence-corrected chi connectivity index (χ2v) is 8.07. The maximum Gasteiger partial charge on any atom is 0.433 e. The minimum absolute atomic E-state index is 0.154. The molecule has 0 unspecified atom stereocenters. The topological polar surface area (TPSA) is 138 Å². The van der Waals surface area contributed by atoms with Gasteiger partial charge in [-0.2, -0.15) is 0 Å². The Morgan fingerprint density at radius 2 is 1.76 bits per heavy atom. The van der Waals surface area contributed by atoms with Gasteiger partial charge < -0.3 is 19.2 Å². The summed E-state index contributed by atoms with van der Waals surface area (Å²) in [6, 6.07) is 9.67. The third-order valence-electron chi connectivity index (χ3n) is 4.46. The number of benzene rings is 1. The van der Waals surface area contributed by atoms with Crippen molar-refractivity contribution in [3.8, 4) is 11.1 Å². The van der Waals surface area contributed by atoms with E-state index in [0.29, 0.717) is 5.56 Å². The molecule has 2 aromatic heterocycles. The number of nitrogens with zero attached hydrogens (tertiary/aromatic N) is 1. The van der Waals surface area contributed by atoms with Crippen LogP contribution in [0.5, 0.6) is 0 Å². The molecule has 0 aliphatic rings. The number of rotatable bonds is 8. The molecule has 2 heterocycles. The largest absolute Gasteiger partial charge is 0.462 e. The first-order chi connectivity index (χ1) is 15.7. The highest BCUT2D eigenvalue weighted by atomic mass is 32.1. The minimum atomic E-state index is -1.04. The van der Waals surface area contributed by atoms with E-state index in [2.05, 4.69) is 5.32 Å². The van der Waals surface area contributed by atoms with Gasteiger partial charge in [0.25, 0.3) is 5.91 Å². The van der Waals surface area contributed by atoms with Gasteiger partial charge in [-0.3, -0.25) is 14.9 Å². The molecule has 0 saturated carbocycles. The molecule has 0 bridgehead atoms. The number of esters is 2. The van der Waals surface area contributed by atoms with E-state index in [0.717, 1.165) is 28.1 Å². The fraction of sp³-hybridized carbons (Fsp3) is 0.227. The third-order valence-corrected chi connectivity index (χ3v) is 5.48. The maximum atomic E-state index is 12.7. The summed E-state index contributed by atoms with van der Waals surface area (Å²) in [7, 11) is 0. The highest BCUT2D eigenvalue weighted by Gasteiger charge is 2.26. The molecule has 11 heteroatoms. The zero-order valence-electron chi connectivity index (χ0n) is 18.0. The van der Waals surface area contributed by atoms with Crippen LogP contribution in [-0.4, -0.2) is 36.0 Å². The van der Waals surface area contributed by atoms with Gasteiger partial charge in [0.05, 0.1) is 12.7 Å². The van der Waals surface area contributed by atoms with Gasteiger partial charge in [-0.05, 0) is 32.4 Å². The van der Waals surface area contributed by atoms with Crippen molar-refractivity contribution < 1.29 is 33.2 Å². The average molecular weight is 472 g/mol. The third kappa shape index (κ3) is 5.44. The number of ether oxygens (including phenoxy) is 2. The average Bonchev–Trinajstić information content (AvgIpc) is 3.38. The van der Waals surface area contributed by atoms with Gasteiger partial charge in [0.2, 0.25) is 5.76 Å². The van der Waals surface area contributed by atoms with Crippen LogP contribution in [0.25, 0.3) is 11.1 Å². The molecule has 1 aromatic carbocycles. The monoisotopic (exact) mass is 472 g/mol. The highest BCUT2D eigenvalue weighted by Crippen LogP contribution is 2.40. The molecular weight excluding hydrogens is 452 g/mol. The Hall–Kier alpha value is -3.99. The number of nitrogens with one attached hydrogen (secondary N) is 1. The van der Waals surface area contributed by atoms with Crippen molar-refractivity contribution >= 4 is 40.1 Å². The van der Waals surface area contributed by atoms with Crippen LogP contribution in [0.15, 0.2) is 40.8 Å². The fourth-order valence-electron chi connectivity index (χ4n) is 3.00. The van der Waals surface area contributed by atoms with E-state index in [1.165, 1.54) is 11.3 Å². The number of anilines is 1. The number of amides is 1. The van der Waals surface area contributed by atoms with Crippen molar-refractivity contribution in [1.29, 1.82) is 0 Å². The zero-order chi connectivity index (χ0) is 24.1. The molecule has 10 nitrogen and oxygen atoms in total. The maximum absolute atomic E-state index is 12.7. The lowest BCUT2D eigenvalue weighted by Gasteiger charge is -2.09. The van der Waals surface area contributed by atoms with Gasteiger partial charge >= 0.3 is 17.8 Å². The van der Waals surface area contributed by atoms with E-state index < -0.39 is 41.0 Å². The Bertz CT molecular complexity index is 1210. The summed E-state index contributed by atoms with van der Waals surface area (Å²) in [5.74, 6) is -3.36. The van der Waals surface area contributed by atoms with Crippen LogP contribution < -0.4 is 5.32 Å². The number of furan rings is 1. The summed E-state index contributed by atoms with van der Waals surface area (Å²) in [5.41, 5.74) is 2.71. The van der Waals surface area contributed by atoms with Crippen molar-refractivity contribution in [2.75, 3.05) is 18.5 Å². The molecule has 0 aliphatic carbocycles. The van der Waals surface area contributed by atoms with Crippen molar-refractivity contribution in [2.24, 2.45) is 0 Å². The lowest BCUT2D eigenvalue weighted by Crippen LogP contribution is -2.21. The Morgan fingerprint density at radius 1 is 1.06 bits per heavy atom. The van der Waals surface area contributed by atoms with E-state index in [4.69, 9.17) is 13.9 Å². The van der Waals surface area contributed by atoms with Crippen LogP contribution in [0.4, 0.5) is 10.9 Å². The molecule has 0 fully saturated rings. The van der Waals surface area contributed by atoms with Crippen molar-refractivity contribution in [1.82, 2.24) is 0 Å². The van der Waals surface area contributed by atoms with Crippen LogP contribution in [0, 0.1) is 24.0 Å². The standard InChI is InChI=1S/C22H20N2O8S/c1-4-30-22(27)19-18(14-7-5-12(2)6-8-14)13(3)33-20(19)23-16(25)11-31-21(26)15-9-10-17(32-15)24(28)29/h5-10H,4,11H2,1-3H3,(H,23,25). The number of aryl methyl sites for hydroxylation is 2. The van der Waals surface area contributed by atoms with Gasteiger partial charge in [0.1, 0.15) is 15.5 Å². The first kappa shape index (κ1) is 23.7. The second kappa shape index (κ2) is 10.1. The normalized spacial score (nSPS) is 10.5. The Labute approximate surface area is 192 Å². The van der Waals surface area contributed by atoms with Crippen molar-refractivity contribution in [2.45, 2.75) is 20.8 Å². The Kier molecular flexibility index (Phi) is 7.23. The molecule has 0 atom stereocenters. The van der Waals surface area contributed by atoms with Crippen LogP contribution in [0.2, 0.25) is 0 Å². The molecule has 0 spiro atoms. The first-order valence-electron chi connectivity index (χ1n) is 9.80. The van der Waals surface area contributed by atoms with Crippen LogP contribution in [0.1, 0.15) is 38.3 Å². The molecule has 0 radical (unpaired) electrons. The summed E-state index contributed by atoms with van der Waals surface area (Å²) in [4.78, 5) is 47.7. The first-order valence-corrected chi connectivity index (χ1v) is 10.6. The number of hydrogen-bond acceptors (Lipinski definition) is 9. The fourth-order valence-corrected chi connectivity index (χ4v) is 4.08. The smallest absolute Gasteiger partial charge is 0.433 e. The lowest BCUT2D eigenvalue weighted by atomic mass is 10.0. The van der Waals surface area contributed by atoms with E-state index >= 15 is 0 Å².